The van der Waals surface area contributed by atoms with Crippen molar-refractivity contribution in [3.63, 3.8) is 0 Å². The van der Waals surface area contributed by atoms with E-state index in [0.717, 1.165) is 34.1 Å². The van der Waals surface area contributed by atoms with Crippen LogP contribution >= 0.6 is 0 Å². The lowest BCUT2D eigenvalue weighted by Gasteiger charge is -2.20. The summed E-state index contributed by atoms with van der Waals surface area (Å²) >= 11 is 0. The van der Waals surface area contributed by atoms with Crippen molar-refractivity contribution in [1.82, 2.24) is 9.88 Å². The van der Waals surface area contributed by atoms with Crippen LogP contribution in [0.5, 0.6) is 11.5 Å². The Morgan fingerprint density at radius 1 is 0.857 bits per heavy atom. The number of rotatable bonds is 12. The summed E-state index contributed by atoms with van der Waals surface area (Å²) in [6, 6.07) is 33.2. The summed E-state index contributed by atoms with van der Waals surface area (Å²) < 4.78 is 14.2. The fourth-order valence-corrected chi connectivity index (χ4v) is 5.31. The van der Waals surface area contributed by atoms with Crippen LogP contribution in [0.4, 0.5) is 0 Å². The number of aryl methyl sites for hydroxylation is 1. The molecule has 4 aromatic carbocycles. The van der Waals surface area contributed by atoms with E-state index in [1.165, 1.54) is 11.1 Å². The SMILES string of the molecule is COc1cc([C@H](CC(=O)NCC(C)C)c2cn(Cc3ccc(C)cc3)c3ccccc23)ccc1OCc1ccccc1. The second-order valence-electron chi connectivity index (χ2n) is 11.4. The Morgan fingerprint density at radius 3 is 2.33 bits per heavy atom. The van der Waals surface area contributed by atoms with Crippen LogP contribution in [0.25, 0.3) is 10.9 Å². The number of hydrogen-bond donors (Lipinski definition) is 1. The van der Waals surface area contributed by atoms with Gasteiger partial charge >= 0.3 is 0 Å². The highest BCUT2D eigenvalue weighted by Gasteiger charge is 2.24. The highest BCUT2D eigenvalue weighted by atomic mass is 16.5. The summed E-state index contributed by atoms with van der Waals surface area (Å²) in [6.07, 6.45) is 2.55. The second-order valence-corrected chi connectivity index (χ2v) is 11.4. The molecule has 5 aromatic rings. The third kappa shape index (κ3) is 7.03. The molecule has 0 bridgehead atoms. The maximum Gasteiger partial charge on any atom is 0.220 e. The van der Waals surface area contributed by atoms with Gasteiger partial charge in [-0.2, -0.15) is 0 Å². The molecule has 42 heavy (non-hydrogen) atoms. The zero-order valence-electron chi connectivity index (χ0n) is 25.0. The van der Waals surface area contributed by atoms with Crippen LogP contribution in [0.1, 0.15) is 54.0 Å². The average Bonchev–Trinajstić information content (AvgIpc) is 3.37. The Kier molecular flexibility index (Phi) is 9.28. The Balaban J connectivity index is 1.52. The first kappa shape index (κ1) is 29.0. The number of aromatic nitrogens is 1. The topological polar surface area (TPSA) is 52.5 Å². The third-order valence-corrected chi connectivity index (χ3v) is 7.59. The van der Waals surface area contributed by atoms with Gasteiger partial charge in [-0.1, -0.05) is 98.3 Å². The van der Waals surface area contributed by atoms with Crippen LogP contribution in [-0.4, -0.2) is 24.1 Å². The number of methoxy groups -OCH3 is 1. The van der Waals surface area contributed by atoms with Gasteiger partial charge in [0.25, 0.3) is 0 Å². The predicted molar refractivity (Wildman–Crippen MR) is 170 cm³/mol. The van der Waals surface area contributed by atoms with Crippen molar-refractivity contribution in [2.45, 2.75) is 46.3 Å². The molecule has 5 nitrogen and oxygen atoms in total. The van der Waals surface area contributed by atoms with Gasteiger partial charge < -0.3 is 19.4 Å². The number of nitrogens with zero attached hydrogens (tertiary/aromatic N) is 1. The van der Waals surface area contributed by atoms with E-state index in [2.05, 4.69) is 91.4 Å². The van der Waals surface area contributed by atoms with Crippen molar-refractivity contribution in [3.05, 3.63) is 131 Å². The normalized spacial score (nSPS) is 11.9. The summed E-state index contributed by atoms with van der Waals surface area (Å²) in [6.45, 7) is 8.17. The van der Waals surface area contributed by atoms with Crippen LogP contribution in [0.2, 0.25) is 0 Å². The molecule has 1 atom stereocenters. The van der Waals surface area contributed by atoms with E-state index in [-0.39, 0.29) is 11.8 Å². The zero-order valence-corrected chi connectivity index (χ0v) is 25.0. The van der Waals surface area contributed by atoms with Gasteiger partial charge in [-0.25, -0.2) is 0 Å². The standard InChI is InChI=1S/C37H40N2O3/c1-26(2)22-38-37(40)21-32(30-18-19-35(36(20-30)41-4)42-25-29-10-6-5-7-11-29)33-24-39(34-13-9-8-12-31(33)34)23-28-16-14-27(3)15-17-28/h5-20,24,26,32H,21-23,25H2,1-4H3,(H,38,40)/t32-/m0/s1. The molecular formula is C37H40N2O3. The Labute approximate surface area is 249 Å². The molecule has 1 heterocycles. The second kappa shape index (κ2) is 13.4. The van der Waals surface area contributed by atoms with Crippen LogP contribution in [0.15, 0.2) is 103 Å². The van der Waals surface area contributed by atoms with Crippen molar-refractivity contribution in [2.24, 2.45) is 5.92 Å². The molecule has 5 heteroatoms. The van der Waals surface area contributed by atoms with E-state index in [1.807, 2.05) is 42.5 Å². The number of hydrogen-bond acceptors (Lipinski definition) is 3. The van der Waals surface area contributed by atoms with Crippen LogP contribution < -0.4 is 14.8 Å². The van der Waals surface area contributed by atoms with E-state index in [4.69, 9.17) is 9.47 Å². The Bertz CT molecular complexity index is 1620. The number of ether oxygens (including phenoxy) is 2. The monoisotopic (exact) mass is 560 g/mol. The minimum atomic E-state index is -0.168. The number of amides is 1. The first-order chi connectivity index (χ1) is 20.4. The Hall–Kier alpha value is -4.51. The fraction of sp³-hybridized carbons (Fsp3) is 0.270. The smallest absolute Gasteiger partial charge is 0.220 e. The van der Waals surface area contributed by atoms with E-state index in [1.54, 1.807) is 7.11 Å². The number of benzene rings is 4. The largest absolute Gasteiger partial charge is 0.493 e. The molecule has 0 saturated heterocycles. The first-order valence-electron chi connectivity index (χ1n) is 14.7. The molecule has 0 unspecified atom stereocenters. The minimum Gasteiger partial charge on any atom is -0.493 e. The maximum atomic E-state index is 13.3. The van der Waals surface area contributed by atoms with E-state index < -0.39 is 0 Å². The summed E-state index contributed by atoms with van der Waals surface area (Å²) in [5, 5.41) is 4.28. The molecule has 1 N–H and O–H groups in total. The molecule has 0 saturated carbocycles. The molecule has 216 valence electrons. The van der Waals surface area contributed by atoms with Crippen LogP contribution in [-0.2, 0) is 17.9 Å². The van der Waals surface area contributed by atoms with Crippen molar-refractivity contribution in [3.8, 4) is 11.5 Å². The summed E-state index contributed by atoms with van der Waals surface area (Å²) in [5.41, 5.74) is 6.85. The average molecular weight is 561 g/mol. The lowest BCUT2D eigenvalue weighted by atomic mass is 9.87. The van der Waals surface area contributed by atoms with Crippen molar-refractivity contribution < 1.29 is 14.3 Å². The van der Waals surface area contributed by atoms with E-state index in [0.29, 0.717) is 37.0 Å². The number of para-hydroxylation sites is 1. The molecule has 0 aliphatic heterocycles. The van der Waals surface area contributed by atoms with Crippen molar-refractivity contribution in [1.29, 1.82) is 0 Å². The van der Waals surface area contributed by atoms with Gasteiger partial charge in [0.1, 0.15) is 6.61 Å². The summed E-state index contributed by atoms with van der Waals surface area (Å²) in [4.78, 5) is 13.3. The van der Waals surface area contributed by atoms with E-state index >= 15 is 0 Å². The lowest BCUT2D eigenvalue weighted by Crippen LogP contribution is -2.28. The molecule has 1 amide bonds. The molecule has 0 aliphatic rings. The Morgan fingerprint density at radius 2 is 1.60 bits per heavy atom. The van der Waals surface area contributed by atoms with Gasteiger partial charge in [0, 0.05) is 42.5 Å². The highest BCUT2D eigenvalue weighted by Crippen LogP contribution is 2.39. The summed E-state index contributed by atoms with van der Waals surface area (Å²) in [5.74, 6) is 1.57. The molecule has 0 fully saturated rings. The molecule has 0 spiro atoms. The quantitative estimate of drug-likeness (QED) is 0.169. The molecular weight excluding hydrogens is 520 g/mol. The van der Waals surface area contributed by atoms with Gasteiger partial charge in [-0.3, -0.25) is 4.79 Å². The van der Waals surface area contributed by atoms with Gasteiger partial charge in [0.15, 0.2) is 11.5 Å². The van der Waals surface area contributed by atoms with Crippen molar-refractivity contribution in [2.75, 3.05) is 13.7 Å². The van der Waals surface area contributed by atoms with Gasteiger partial charge in [-0.05, 0) is 53.3 Å². The zero-order chi connectivity index (χ0) is 29.5. The molecule has 0 aliphatic carbocycles. The number of carbonyl (C=O) groups is 1. The number of nitrogens with one attached hydrogen (secondary N) is 1. The lowest BCUT2D eigenvalue weighted by molar-refractivity contribution is -0.121. The molecule has 1 aromatic heterocycles. The number of fused-ring (bicyclic) bond motifs is 1. The van der Waals surface area contributed by atoms with E-state index in [9.17, 15) is 4.79 Å². The van der Waals surface area contributed by atoms with Crippen molar-refractivity contribution >= 4 is 16.8 Å². The first-order valence-corrected chi connectivity index (χ1v) is 14.7. The summed E-state index contributed by atoms with van der Waals surface area (Å²) in [7, 11) is 1.66. The van der Waals surface area contributed by atoms with Gasteiger partial charge in [-0.15, -0.1) is 0 Å². The fourth-order valence-electron chi connectivity index (χ4n) is 5.31. The van der Waals surface area contributed by atoms with Crippen LogP contribution in [0, 0.1) is 12.8 Å². The number of carbonyl (C=O) groups excluding carboxylic acids is 1. The highest BCUT2D eigenvalue weighted by molar-refractivity contribution is 5.87. The molecule has 5 rings (SSSR count). The minimum absolute atomic E-state index is 0.0347. The molecule has 0 radical (unpaired) electrons. The maximum absolute atomic E-state index is 13.3. The van der Waals surface area contributed by atoms with Gasteiger partial charge in [0.05, 0.1) is 7.11 Å². The van der Waals surface area contributed by atoms with Crippen LogP contribution in [0.3, 0.4) is 0 Å². The predicted octanol–water partition coefficient (Wildman–Crippen LogP) is 7.88. The third-order valence-electron chi connectivity index (χ3n) is 7.59. The van der Waals surface area contributed by atoms with Gasteiger partial charge in [0.2, 0.25) is 5.91 Å².